The summed E-state index contributed by atoms with van der Waals surface area (Å²) in [5.41, 5.74) is 20.8. The zero-order valence-corrected chi connectivity index (χ0v) is 33.6. The molecule has 3 heteroatoms. The molecule has 13 rings (SSSR count). The van der Waals surface area contributed by atoms with E-state index in [9.17, 15) is 0 Å². The maximum Gasteiger partial charge on any atom is 0.160 e. The molecule has 0 aliphatic heterocycles. The van der Waals surface area contributed by atoms with Crippen molar-refractivity contribution in [1.82, 2.24) is 9.97 Å². The molecule has 2 aliphatic rings. The molecule has 0 amide bonds. The lowest BCUT2D eigenvalue weighted by molar-refractivity contribution is 0.669. The van der Waals surface area contributed by atoms with Gasteiger partial charge in [-0.25, -0.2) is 9.97 Å². The van der Waals surface area contributed by atoms with Crippen molar-refractivity contribution in [3.8, 4) is 78.4 Å². The van der Waals surface area contributed by atoms with Gasteiger partial charge in [-0.2, -0.15) is 0 Å². The molecule has 0 fully saturated rings. The van der Waals surface area contributed by atoms with Gasteiger partial charge in [0.2, 0.25) is 0 Å². The first kappa shape index (κ1) is 34.7. The van der Waals surface area contributed by atoms with Crippen LogP contribution in [-0.4, -0.2) is 9.97 Å². The van der Waals surface area contributed by atoms with E-state index in [1.54, 1.807) is 0 Å². The SMILES string of the molecule is c1ccc(-c2ccc3c(c2)-c2c(cc(-c4ccc(-c5cc(-c6ccccc6)nc(-c6ccccc6)n5)cc4)c4c2oc2ccccc24)C32c3ccccc3-c3ccccc32)cc1. The number of furan rings is 1. The highest BCUT2D eigenvalue weighted by molar-refractivity contribution is 6.19. The predicted octanol–water partition coefficient (Wildman–Crippen LogP) is 15.1. The van der Waals surface area contributed by atoms with Crippen LogP contribution in [0.4, 0.5) is 0 Å². The summed E-state index contributed by atoms with van der Waals surface area (Å²) in [5, 5.41) is 2.23. The third-order valence-electron chi connectivity index (χ3n) is 13.1. The Morgan fingerprint density at radius 3 is 1.53 bits per heavy atom. The van der Waals surface area contributed by atoms with Gasteiger partial charge in [0.25, 0.3) is 0 Å². The molecule has 0 unspecified atom stereocenters. The van der Waals surface area contributed by atoms with Crippen LogP contribution in [0.15, 0.2) is 223 Å². The quantitative estimate of drug-likeness (QED) is 0.174. The number of hydrogen-bond donors (Lipinski definition) is 0. The molecule has 0 saturated heterocycles. The van der Waals surface area contributed by atoms with Gasteiger partial charge in [-0.15, -0.1) is 0 Å². The fraction of sp³-hybridized carbons (Fsp3) is 0.0169. The summed E-state index contributed by atoms with van der Waals surface area (Å²) in [7, 11) is 0. The second-order valence-corrected chi connectivity index (χ2v) is 16.4. The summed E-state index contributed by atoms with van der Waals surface area (Å²) >= 11 is 0. The topological polar surface area (TPSA) is 38.9 Å². The number of rotatable bonds is 5. The molecular formula is C59H36N2O. The lowest BCUT2D eigenvalue weighted by atomic mass is 9.70. The summed E-state index contributed by atoms with van der Waals surface area (Å²) in [6, 6.07) is 78.4. The molecule has 11 aromatic rings. The largest absolute Gasteiger partial charge is 0.455 e. The van der Waals surface area contributed by atoms with Crippen molar-refractivity contribution in [3.63, 3.8) is 0 Å². The Bertz CT molecular complexity index is 3450. The van der Waals surface area contributed by atoms with Crippen molar-refractivity contribution < 1.29 is 4.42 Å². The number of para-hydroxylation sites is 1. The monoisotopic (exact) mass is 788 g/mol. The lowest BCUT2D eigenvalue weighted by Crippen LogP contribution is -2.25. The molecule has 62 heavy (non-hydrogen) atoms. The fourth-order valence-corrected chi connectivity index (χ4v) is 10.4. The van der Waals surface area contributed by atoms with Crippen molar-refractivity contribution >= 4 is 21.9 Å². The van der Waals surface area contributed by atoms with E-state index >= 15 is 0 Å². The molecule has 0 saturated carbocycles. The van der Waals surface area contributed by atoms with E-state index in [-0.39, 0.29) is 0 Å². The first-order valence-electron chi connectivity index (χ1n) is 21.2. The number of nitrogens with zero attached hydrogens (tertiary/aromatic N) is 2. The minimum absolute atomic E-state index is 0.544. The van der Waals surface area contributed by atoms with E-state index < -0.39 is 5.41 Å². The van der Waals surface area contributed by atoms with Crippen LogP contribution in [0.3, 0.4) is 0 Å². The lowest BCUT2D eigenvalue weighted by Gasteiger charge is -2.31. The van der Waals surface area contributed by atoms with Crippen molar-refractivity contribution in [2.24, 2.45) is 0 Å². The van der Waals surface area contributed by atoms with Crippen LogP contribution in [0.1, 0.15) is 22.3 Å². The van der Waals surface area contributed by atoms with Crippen LogP contribution in [0.5, 0.6) is 0 Å². The second-order valence-electron chi connectivity index (χ2n) is 16.4. The van der Waals surface area contributed by atoms with Gasteiger partial charge in [0, 0.05) is 33.0 Å². The third kappa shape index (κ3) is 5.00. The average Bonchev–Trinajstić information content (AvgIpc) is 3.99. The van der Waals surface area contributed by atoms with Gasteiger partial charge < -0.3 is 4.42 Å². The van der Waals surface area contributed by atoms with Crippen molar-refractivity contribution in [2.45, 2.75) is 5.41 Å². The van der Waals surface area contributed by atoms with Crippen molar-refractivity contribution in [3.05, 3.63) is 241 Å². The van der Waals surface area contributed by atoms with Gasteiger partial charge in [-0.1, -0.05) is 194 Å². The number of hydrogen-bond acceptors (Lipinski definition) is 3. The highest BCUT2D eigenvalue weighted by Gasteiger charge is 2.53. The molecule has 2 heterocycles. The molecule has 3 nitrogen and oxygen atoms in total. The Labute approximate surface area is 359 Å². The second kappa shape index (κ2) is 13.4. The summed E-state index contributed by atoms with van der Waals surface area (Å²) < 4.78 is 7.13. The van der Waals surface area contributed by atoms with E-state index in [1.807, 2.05) is 24.3 Å². The Kier molecular flexibility index (Phi) is 7.52. The number of benzene rings is 9. The van der Waals surface area contributed by atoms with E-state index in [4.69, 9.17) is 14.4 Å². The fourth-order valence-electron chi connectivity index (χ4n) is 10.4. The van der Waals surface area contributed by atoms with Crippen LogP contribution in [0, 0.1) is 0 Å². The van der Waals surface area contributed by atoms with E-state index in [0.717, 1.165) is 61.1 Å². The summed E-state index contributed by atoms with van der Waals surface area (Å²) in [6.45, 7) is 0. The molecule has 0 atom stereocenters. The first-order chi connectivity index (χ1) is 30.7. The Balaban J connectivity index is 1.07. The van der Waals surface area contributed by atoms with Crippen LogP contribution >= 0.6 is 0 Å². The zero-order chi connectivity index (χ0) is 40.8. The Morgan fingerprint density at radius 1 is 0.339 bits per heavy atom. The highest BCUT2D eigenvalue weighted by Crippen LogP contribution is 2.65. The minimum Gasteiger partial charge on any atom is -0.455 e. The highest BCUT2D eigenvalue weighted by atomic mass is 16.3. The van der Waals surface area contributed by atoms with E-state index in [2.05, 4.69) is 194 Å². The molecular weight excluding hydrogens is 753 g/mol. The Morgan fingerprint density at radius 2 is 0.855 bits per heavy atom. The normalized spacial score (nSPS) is 13.0. The molecule has 0 N–H and O–H groups in total. The van der Waals surface area contributed by atoms with Gasteiger partial charge in [0.1, 0.15) is 11.2 Å². The maximum atomic E-state index is 7.13. The molecule has 1 spiro atoms. The van der Waals surface area contributed by atoms with Gasteiger partial charge in [0.15, 0.2) is 5.82 Å². The molecule has 2 aromatic heterocycles. The summed E-state index contributed by atoms with van der Waals surface area (Å²) in [6.07, 6.45) is 0. The smallest absolute Gasteiger partial charge is 0.160 e. The Hall–Kier alpha value is -8.14. The molecule has 9 aromatic carbocycles. The molecule has 0 bridgehead atoms. The van der Waals surface area contributed by atoms with Gasteiger partial charge >= 0.3 is 0 Å². The molecule has 288 valence electrons. The van der Waals surface area contributed by atoms with Crippen LogP contribution in [0.2, 0.25) is 0 Å². The zero-order valence-electron chi connectivity index (χ0n) is 33.6. The third-order valence-corrected chi connectivity index (χ3v) is 13.1. The van der Waals surface area contributed by atoms with Gasteiger partial charge in [0.05, 0.1) is 16.8 Å². The van der Waals surface area contributed by atoms with E-state index in [0.29, 0.717) is 5.82 Å². The minimum atomic E-state index is -0.544. The van der Waals surface area contributed by atoms with Crippen LogP contribution in [-0.2, 0) is 5.41 Å². The standard InChI is InChI=1S/C59H36N2O/c1-4-16-37(17-5-1)42-32-33-50-47(34-42)56-51(59(50)48-25-13-10-22-43(48)44-23-11-14-26-49(44)59)35-46(55-45-24-12-15-27-54(45)62-57(55)56)38-28-30-40(31-29-38)53-36-52(39-18-6-2-7-19-39)60-58(61-53)41-20-8-3-9-21-41/h1-36H. The van der Waals surface area contributed by atoms with Gasteiger partial charge in [-0.3, -0.25) is 0 Å². The summed E-state index contributed by atoms with van der Waals surface area (Å²) in [5.74, 6) is 0.702. The van der Waals surface area contributed by atoms with Crippen molar-refractivity contribution in [1.29, 1.82) is 0 Å². The van der Waals surface area contributed by atoms with Gasteiger partial charge in [-0.05, 0) is 85.5 Å². The molecule has 2 aliphatic carbocycles. The van der Waals surface area contributed by atoms with E-state index in [1.165, 1.54) is 55.6 Å². The first-order valence-corrected chi connectivity index (χ1v) is 21.2. The predicted molar refractivity (Wildman–Crippen MR) is 253 cm³/mol. The summed E-state index contributed by atoms with van der Waals surface area (Å²) in [4.78, 5) is 10.2. The maximum absolute atomic E-state index is 7.13. The molecule has 0 radical (unpaired) electrons. The van der Waals surface area contributed by atoms with Crippen LogP contribution in [0.25, 0.3) is 100 Å². The number of fused-ring (bicyclic) bond motifs is 14. The van der Waals surface area contributed by atoms with Crippen molar-refractivity contribution in [2.75, 3.05) is 0 Å². The average molecular weight is 789 g/mol. The van der Waals surface area contributed by atoms with Crippen LogP contribution < -0.4 is 0 Å². The number of aromatic nitrogens is 2.